The van der Waals surface area contributed by atoms with Crippen molar-refractivity contribution in [2.24, 2.45) is 0 Å². The first-order chi connectivity index (χ1) is 38.1. The molecule has 12 aromatic rings. The zero-order valence-electron chi connectivity index (χ0n) is 46.9. The second-order valence-corrected chi connectivity index (χ2v) is 25.9. The molecule has 0 saturated carbocycles. The number of nitrogens with one attached hydrogen (secondary N) is 1. The topological polar surface area (TPSA) is 25.1 Å². The molecule has 79 heavy (non-hydrogen) atoms. The lowest BCUT2D eigenvalue weighted by Crippen LogP contribution is -2.41. The molecule has 1 N–H and O–H groups in total. The maximum Gasteiger partial charge on any atom is 0.198 e. The van der Waals surface area contributed by atoms with Gasteiger partial charge in [-0.15, -0.1) is 0 Å². The SMILES string of the molecule is CC1(C)CCC(C)(C)c2cc(Nc3cc(N(c4ccccc4)c4ccccc4)ccc3-c3cc(-n4c5ccccc5c5ccccc54)c4c5ccc6ccccc6c5n5c4c3Bc3cc4c(cc3-5)C(C)(C)CCC4(C)C)ccc21. The summed E-state index contributed by atoms with van der Waals surface area (Å²) in [4.78, 5) is 2.40. The quantitative estimate of drug-likeness (QED) is 0.161. The standard InChI is InChI=1S/C74H67BN4/c1-71(2)37-38-72(3,4)58-41-47(32-36-57(58)71)76-62-42-50(77(48-22-11-9-12-23-48)49-24-13-10-14-25-49)33-35-52(62)56-43-66(78-63-29-19-17-27-53(63)54-28-18-20-30-64(54)78)67-55-34-31-46-21-15-16-26-51(46)69(55)79-65-45-60-59(44-61(65)75-68(56)70(67)79)73(5,6)39-40-74(60,7)8/h9-36,41-45,75-76H,37-40H2,1-8H3. The Morgan fingerprint density at radius 1 is 0.405 bits per heavy atom. The molecule has 3 heterocycles. The fraction of sp³-hybridized carbons (Fsp3) is 0.216. The summed E-state index contributed by atoms with van der Waals surface area (Å²) in [5.41, 5.74) is 24.2. The van der Waals surface area contributed by atoms with Gasteiger partial charge in [0.1, 0.15) is 0 Å². The minimum atomic E-state index is 0.0393. The van der Waals surface area contributed by atoms with Crippen molar-refractivity contribution in [3.8, 4) is 22.5 Å². The number of hydrogen-bond acceptors (Lipinski definition) is 2. The van der Waals surface area contributed by atoms with Crippen molar-refractivity contribution in [2.45, 2.75) is 103 Å². The van der Waals surface area contributed by atoms with Gasteiger partial charge in [0.2, 0.25) is 0 Å². The summed E-state index contributed by atoms with van der Waals surface area (Å²) in [6, 6.07) is 75.8. The van der Waals surface area contributed by atoms with Gasteiger partial charge in [0.15, 0.2) is 7.28 Å². The van der Waals surface area contributed by atoms with Crippen molar-refractivity contribution in [1.29, 1.82) is 0 Å². The van der Waals surface area contributed by atoms with Crippen molar-refractivity contribution >= 4 is 101 Å². The monoisotopic (exact) mass is 1020 g/mol. The van der Waals surface area contributed by atoms with Crippen LogP contribution >= 0.6 is 0 Å². The van der Waals surface area contributed by atoms with Crippen LogP contribution in [0.2, 0.25) is 0 Å². The summed E-state index contributed by atoms with van der Waals surface area (Å²) in [7, 11) is 0.802. The molecule has 0 saturated heterocycles. The van der Waals surface area contributed by atoms with Crippen LogP contribution in [0.3, 0.4) is 0 Å². The van der Waals surface area contributed by atoms with E-state index in [2.05, 4.69) is 275 Å². The predicted molar refractivity (Wildman–Crippen MR) is 339 cm³/mol. The molecule has 0 radical (unpaired) electrons. The smallest absolute Gasteiger partial charge is 0.198 e. The van der Waals surface area contributed by atoms with Crippen molar-refractivity contribution in [1.82, 2.24) is 9.13 Å². The number of hydrogen-bond donors (Lipinski definition) is 1. The number of rotatable bonds is 7. The van der Waals surface area contributed by atoms with E-state index < -0.39 is 0 Å². The molecule has 0 spiro atoms. The van der Waals surface area contributed by atoms with Gasteiger partial charge in [0, 0.05) is 66.6 Å². The molecule has 10 aromatic carbocycles. The van der Waals surface area contributed by atoms with Gasteiger partial charge in [0.25, 0.3) is 0 Å². The number of fused-ring (bicyclic) bond motifs is 12. The number of para-hydroxylation sites is 4. The van der Waals surface area contributed by atoms with E-state index in [1.807, 2.05) is 0 Å². The van der Waals surface area contributed by atoms with Crippen molar-refractivity contribution in [2.75, 3.05) is 10.2 Å². The van der Waals surface area contributed by atoms with Crippen LogP contribution in [0, 0.1) is 0 Å². The summed E-state index contributed by atoms with van der Waals surface area (Å²) >= 11 is 0. The molecule has 3 aliphatic rings. The van der Waals surface area contributed by atoms with Crippen LogP contribution in [0.4, 0.5) is 28.4 Å². The number of aromatic nitrogens is 2. The van der Waals surface area contributed by atoms with Gasteiger partial charge in [-0.1, -0.05) is 188 Å². The van der Waals surface area contributed by atoms with Crippen LogP contribution in [0.25, 0.3) is 76.9 Å². The normalized spacial score (nSPS) is 16.4. The average Bonchev–Trinajstić information content (AvgIpc) is 4.23. The predicted octanol–water partition coefficient (Wildman–Crippen LogP) is 18.3. The van der Waals surface area contributed by atoms with E-state index in [0.29, 0.717) is 0 Å². The summed E-state index contributed by atoms with van der Waals surface area (Å²) in [6.45, 7) is 19.6. The zero-order chi connectivity index (χ0) is 53.7. The van der Waals surface area contributed by atoms with Gasteiger partial charge in [-0.3, -0.25) is 0 Å². The second kappa shape index (κ2) is 17.1. The highest BCUT2D eigenvalue weighted by Crippen LogP contribution is 2.51. The largest absolute Gasteiger partial charge is 0.355 e. The van der Waals surface area contributed by atoms with Crippen LogP contribution in [0.5, 0.6) is 0 Å². The van der Waals surface area contributed by atoms with Gasteiger partial charge < -0.3 is 19.4 Å². The number of nitrogens with zero attached hydrogens (tertiary/aromatic N) is 3. The minimum absolute atomic E-state index is 0.0393. The molecule has 4 nitrogen and oxygen atoms in total. The van der Waals surface area contributed by atoms with Crippen LogP contribution in [0.15, 0.2) is 200 Å². The highest BCUT2D eigenvalue weighted by Gasteiger charge is 2.41. The number of anilines is 5. The highest BCUT2D eigenvalue weighted by atomic mass is 15.1. The molecule has 15 rings (SSSR count). The van der Waals surface area contributed by atoms with E-state index in [0.717, 1.165) is 48.6 Å². The first-order valence-electron chi connectivity index (χ1n) is 28.8. The number of benzene rings is 10. The van der Waals surface area contributed by atoms with Gasteiger partial charge >= 0.3 is 0 Å². The molecular weight excluding hydrogens is 956 g/mol. The fourth-order valence-corrected chi connectivity index (χ4v) is 14.7. The molecule has 2 aromatic heterocycles. The Balaban J connectivity index is 1.09. The van der Waals surface area contributed by atoms with Gasteiger partial charge in [0.05, 0.1) is 27.8 Å². The van der Waals surface area contributed by atoms with Crippen LogP contribution in [-0.4, -0.2) is 16.4 Å². The van der Waals surface area contributed by atoms with Gasteiger partial charge in [-0.2, -0.15) is 0 Å². The molecule has 0 amide bonds. The first-order valence-corrected chi connectivity index (χ1v) is 28.8. The Morgan fingerprint density at radius 3 is 1.61 bits per heavy atom. The minimum Gasteiger partial charge on any atom is -0.355 e. The third-order valence-electron chi connectivity index (χ3n) is 19.2. The average molecular weight is 1020 g/mol. The molecule has 0 bridgehead atoms. The fourth-order valence-electron chi connectivity index (χ4n) is 14.7. The Hall–Kier alpha value is -8.28. The van der Waals surface area contributed by atoms with E-state index in [-0.39, 0.29) is 21.7 Å². The Morgan fingerprint density at radius 2 is 0.962 bits per heavy atom. The van der Waals surface area contributed by atoms with E-state index in [1.165, 1.54) is 123 Å². The van der Waals surface area contributed by atoms with E-state index >= 15 is 0 Å². The summed E-state index contributed by atoms with van der Waals surface area (Å²) in [6.07, 6.45) is 4.65. The lowest BCUT2D eigenvalue weighted by molar-refractivity contribution is 0.332. The first kappa shape index (κ1) is 47.9. The van der Waals surface area contributed by atoms with E-state index in [1.54, 1.807) is 0 Å². The van der Waals surface area contributed by atoms with Crippen molar-refractivity contribution in [3.63, 3.8) is 0 Å². The summed E-state index contributed by atoms with van der Waals surface area (Å²) in [5.74, 6) is 0. The van der Waals surface area contributed by atoms with Gasteiger partial charge in [-0.05, 0) is 159 Å². The van der Waals surface area contributed by atoms with Crippen LogP contribution in [-0.2, 0) is 21.7 Å². The molecule has 1 aliphatic heterocycles. The Bertz CT molecular complexity index is 4400. The Kier molecular flexibility index (Phi) is 10.4. The van der Waals surface area contributed by atoms with Crippen LogP contribution in [0.1, 0.15) is 103 Å². The van der Waals surface area contributed by atoms with E-state index in [9.17, 15) is 0 Å². The molecule has 0 unspecified atom stereocenters. The Labute approximate surface area is 465 Å². The molecule has 386 valence electrons. The molecule has 5 heteroatoms. The van der Waals surface area contributed by atoms with E-state index in [4.69, 9.17) is 0 Å². The second-order valence-electron chi connectivity index (χ2n) is 25.9. The zero-order valence-corrected chi connectivity index (χ0v) is 46.9. The third-order valence-corrected chi connectivity index (χ3v) is 19.2. The van der Waals surface area contributed by atoms with Crippen LogP contribution < -0.4 is 21.1 Å². The molecule has 0 fully saturated rings. The van der Waals surface area contributed by atoms with Crippen molar-refractivity contribution < 1.29 is 0 Å². The van der Waals surface area contributed by atoms with Crippen molar-refractivity contribution in [3.05, 3.63) is 222 Å². The van der Waals surface area contributed by atoms with Gasteiger partial charge in [-0.25, -0.2) is 0 Å². The lowest BCUT2D eigenvalue weighted by atomic mass is 9.55. The molecular formula is C74H67BN4. The highest BCUT2D eigenvalue weighted by molar-refractivity contribution is 6.73. The maximum absolute atomic E-state index is 4.22. The summed E-state index contributed by atoms with van der Waals surface area (Å²) < 4.78 is 5.31. The summed E-state index contributed by atoms with van der Waals surface area (Å²) in [5, 5.41) is 11.8. The lowest BCUT2D eigenvalue weighted by Gasteiger charge is -2.43. The maximum atomic E-state index is 4.22. The molecule has 0 atom stereocenters. The third kappa shape index (κ3) is 7.27. The molecule has 2 aliphatic carbocycles.